The molecule has 23 heavy (non-hydrogen) atoms. The van der Waals surface area contributed by atoms with Crippen LogP contribution in [-0.4, -0.2) is 63.1 Å². The van der Waals surface area contributed by atoms with E-state index in [9.17, 15) is 18.0 Å². The lowest BCUT2D eigenvalue weighted by Gasteiger charge is -2.34. The maximum Gasteiger partial charge on any atom is 0.305 e. The minimum Gasteiger partial charge on any atom is -0.481 e. The van der Waals surface area contributed by atoms with Gasteiger partial charge in [-0.05, 0) is 14.0 Å². The number of nitrogens with one attached hydrogen (secondary N) is 1. The Morgan fingerprint density at radius 3 is 2.78 bits per heavy atom. The smallest absolute Gasteiger partial charge is 0.305 e. The Morgan fingerprint density at radius 1 is 1.48 bits per heavy atom. The summed E-state index contributed by atoms with van der Waals surface area (Å²) < 4.78 is 36.0. The number of aliphatic carboxylic acids is 1. The van der Waals surface area contributed by atoms with E-state index in [0.717, 1.165) is 6.07 Å². The highest BCUT2D eigenvalue weighted by Crippen LogP contribution is 2.23. The van der Waals surface area contributed by atoms with E-state index < -0.39 is 27.9 Å². The first-order chi connectivity index (χ1) is 10.8. The highest BCUT2D eigenvalue weighted by molar-refractivity contribution is 7.89. The zero-order chi connectivity index (χ0) is 17.2. The van der Waals surface area contributed by atoms with Gasteiger partial charge in [-0.3, -0.25) is 9.59 Å². The molecule has 1 aliphatic rings. The molecule has 0 radical (unpaired) electrons. The first-order valence-electron chi connectivity index (χ1n) is 6.90. The van der Waals surface area contributed by atoms with Gasteiger partial charge in [-0.1, -0.05) is 0 Å². The van der Waals surface area contributed by atoms with Gasteiger partial charge >= 0.3 is 5.97 Å². The number of carboxylic acids is 1. The zero-order valence-electron chi connectivity index (χ0n) is 12.7. The molecular weight excluding hydrogens is 328 g/mol. The van der Waals surface area contributed by atoms with Gasteiger partial charge in [-0.25, -0.2) is 13.1 Å². The van der Waals surface area contributed by atoms with Gasteiger partial charge in [-0.15, -0.1) is 0 Å². The Morgan fingerprint density at radius 2 is 2.17 bits per heavy atom. The zero-order valence-corrected chi connectivity index (χ0v) is 13.6. The fourth-order valence-electron chi connectivity index (χ4n) is 2.35. The van der Waals surface area contributed by atoms with Gasteiger partial charge in [0.15, 0.2) is 0 Å². The maximum atomic E-state index is 12.6. The fraction of sp³-hybridized carbons (Fsp3) is 0.538. The van der Waals surface area contributed by atoms with E-state index in [1.54, 1.807) is 0 Å². The Balaban J connectivity index is 2.30. The number of hydrogen-bond acceptors (Lipinski definition) is 6. The molecule has 0 spiro atoms. The Hall–Kier alpha value is -1.91. The second-order valence-corrected chi connectivity index (χ2v) is 6.89. The summed E-state index contributed by atoms with van der Waals surface area (Å²) in [6.45, 7) is 2.13. The molecular formula is C13H18N2O7S. The molecule has 2 heterocycles. The molecule has 128 valence electrons. The van der Waals surface area contributed by atoms with Crippen LogP contribution in [-0.2, 0) is 19.6 Å². The number of furan rings is 1. The van der Waals surface area contributed by atoms with Crippen LogP contribution in [0.25, 0.3) is 0 Å². The number of amides is 1. The highest BCUT2D eigenvalue weighted by Gasteiger charge is 2.32. The van der Waals surface area contributed by atoms with Crippen molar-refractivity contribution in [2.75, 3.05) is 26.8 Å². The minimum absolute atomic E-state index is 0.0936. The summed E-state index contributed by atoms with van der Waals surface area (Å²) in [6, 6.07) is 0.545. The number of morpholine rings is 1. The van der Waals surface area contributed by atoms with Crippen molar-refractivity contribution in [2.45, 2.75) is 24.5 Å². The van der Waals surface area contributed by atoms with Crippen molar-refractivity contribution in [2.24, 2.45) is 0 Å². The van der Waals surface area contributed by atoms with Gasteiger partial charge in [0.25, 0.3) is 15.9 Å². The average Bonchev–Trinajstić information content (AvgIpc) is 2.89. The molecule has 1 fully saturated rings. The van der Waals surface area contributed by atoms with E-state index in [1.165, 1.54) is 18.9 Å². The quantitative estimate of drug-likeness (QED) is 0.757. The number of aryl methyl sites for hydroxylation is 1. The van der Waals surface area contributed by atoms with Crippen LogP contribution in [0.2, 0.25) is 0 Å². The number of carbonyl (C=O) groups excluding carboxylic acids is 1. The molecule has 9 nitrogen and oxygen atoms in total. The molecule has 1 atom stereocenters. The number of carbonyl (C=O) groups is 2. The molecule has 1 aromatic heterocycles. The molecule has 2 N–H and O–H groups in total. The van der Waals surface area contributed by atoms with Crippen molar-refractivity contribution in [1.82, 2.24) is 9.62 Å². The van der Waals surface area contributed by atoms with Crippen LogP contribution < -0.4 is 4.72 Å². The summed E-state index contributed by atoms with van der Waals surface area (Å²) in [4.78, 5) is 24.9. The third-order valence-corrected chi connectivity index (χ3v) is 4.83. The van der Waals surface area contributed by atoms with Crippen LogP contribution in [0.4, 0.5) is 0 Å². The number of carboxylic acid groups (broad SMARTS) is 1. The van der Waals surface area contributed by atoms with Crippen molar-refractivity contribution in [1.29, 1.82) is 0 Å². The standard InChI is InChI=1S/C13H18N2O7S/c1-8-10(6-12(22-8)23(19,20)14-2)13(18)15-3-4-21-7-9(15)5-11(16)17/h6,9,14H,3-5,7H2,1-2H3,(H,16,17). The predicted octanol–water partition coefficient (Wildman–Crippen LogP) is -0.188. The topological polar surface area (TPSA) is 126 Å². The molecule has 0 aliphatic carbocycles. The summed E-state index contributed by atoms with van der Waals surface area (Å²) in [5, 5.41) is 8.58. The second kappa shape index (κ2) is 6.69. The van der Waals surface area contributed by atoms with Crippen LogP contribution in [0.3, 0.4) is 0 Å². The van der Waals surface area contributed by atoms with Gasteiger partial charge in [0.05, 0.1) is 31.2 Å². The Kier molecular flexibility index (Phi) is 5.07. The molecule has 1 aromatic rings. The van der Waals surface area contributed by atoms with Crippen molar-refractivity contribution in [3.05, 3.63) is 17.4 Å². The SMILES string of the molecule is CNS(=O)(=O)c1cc(C(=O)N2CCOCC2CC(=O)O)c(C)o1. The van der Waals surface area contributed by atoms with Gasteiger partial charge in [0.2, 0.25) is 5.09 Å². The van der Waals surface area contributed by atoms with Crippen LogP contribution >= 0.6 is 0 Å². The first-order valence-corrected chi connectivity index (χ1v) is 8.39. The summed E-state index contributed by atoms with van der Waals surface area (Å²) in [5.41, 5.74) is 0.0936. The van der Waals surface area contributed by atoms with E-state index in [1.807, 2.05) is 0 Å². The van der Waals surface area contributed by atoms with Gasteiger partial charge in [-0.2, -0.15) is 0 Å². The molecule has 1 saturated heterocycles. The highest BCUT2D eigenvalue weighted by atomic mass is 32.2. The van der Waals surface area contributed by atoms with Gasteiger partial charge < -0.3 is 19.2 Å². The Bertz CT molecular complexity index is 710. The van der Waals surface area contributed by atoms with Crippen molar-refractivity contribution in [3.8, 4) is 0 Å². The molecule has 0 aromatic carbocycles. The molecule has 0 saturated carbocycles. The summed E-state index contributed by atoms with van der Waals surface area (Å²) >= 11 is 0. The van der Waals surface area contributed by atoms with Crippen LogP contribution in [0.1, 0.15) is 22.5 Å². The van der Waals surface area contributed by atoms with Crippen LogP contribution in [0.5, 0.6) is 0 Å². The van der Waals surface area contributed by atoms with E-state index >= 15 is 0 Å². The Labute approximate surface area is 133 Å². The minimum atomic E-state index is -3.80. The van der Waals surface area contributed by atoms with Gasteiger partial charge in [0, 0.05) is 12.6 Å². The average molecular weight is 346 g/mol. The van der Waals surface area contributed by atoms with Crippen LogP contribution in [0.15, 0.2) is 15.6 Å². The molecule has 1 aliphatic heterocycles. The lowest BCUT2D eigenvalue weighted by atomic mass is 10.1. The van der Waals surface area contributed by atoms with E-state index in [4.69, 9.17) is 14.3 Å². The number of nitrogens with zero attached hydrogens (tertiary/aromatic N) is 1. The monoisotopic (exact) mass is 346 g/mol. The van der Waals surface area contributed by atoms with Crippen molar-refractivity contribution < 1.29 is 32.3 Å². The molecule has 10 heteroatoms. The van der Waals surface area contributed by atoms with Crippen molar-refractivity contribution in [3.63, 3.8) is 0 Å². The van der Waals surface area contributed by atoms with E-state index in [2.05, 4.69) is 4.72 Å². The number of rotatable bonds is 5. The normalized spacial score (nSPS) is 18.9. The summed E-state index contributed by atoms with van der Waals surface area (Å²) in [7, 11) is -2.57. The lowest BCUT2D eigenvalue weighted by Crippen LogP contribution is -2.49. The first kappa shape index (κ1) is 17.4. The molecule has 1 amide bonds. The van der Waals surface area contributed by atoms with E-state index in [-0.39, 0.29) is 36.0 Å². The second-order valence-electron chi connectivity index (χ2n) is 5.07. The lowest BCUT2D eigenvalue weighted by molar-refractivity contribution is -0.139. The summed E-state index contributed by atoms with van der Waals surface area (Å²) in [6.07, 6.45) is -0.246. The van der Waals surface area contributed by atoms with Crippen LogP contribution in [0, 0.1) is 6.92 Å². The number of ether oxygens (including phenoxy) is 1. The molecule has 2 rings (SSSR count). The summed E-state index contributed by atoms with van der Waals surface area (Å²) in [5.74, 6) is -1.36. The van der Waals surface area contributed by atoms with Crippen molar-refractivity contribution >= 4 is 21.9 Å². The maximum absolute atomic E-state index is 12.6. The fourth-order valence-corrected chi connectivity index (χ4v) is 3.06. The third kappa shape index (κ3) is 3.71. The van der Waals surface area contributed by atoms with E-state index in [0.29, 0.717) is 6.61 Å². The third-order valence-electron chi connectivity index (χ3n) is 3.56. The largest absolute Gasteiger partial charge is 0.481 e. The molecule has 0 bridgehead atoms. The molecule has 1 unspecified atom stereocenters. The predicted molar refractivity (Wildman–Crippen MR) is 77.6 cm³/mol. The number of hydrogen-bond donors (Lipinski definition) is 2. The van der Waals surface area contributed by atoms with Gasteiger partial charge in [0.1, 0.15) is 5.76 Å². The number of sulfonamides is 1.